The van der Waals surface area contributed by atoms with Crippen LogP contribution < -0.4 is 5.32 Å². The topological polar surface area (TPSA) is 32.3 Å². The van der Waals surface area contributed by atoms with Gasteiger partial charge in [0.15, 0.2) is 0 Å². The Morgan fingerprint density at radius 3 is 2.70 bits per heavy atom. The van der Waals surface area contributed by atoms with E-state index < -0.39 is 0 Å². The van der Waals surface area contributed by atoms with Crippen LogP contribution in [0.1, 0.15) is 19.8 Å². The monoisotopic (exact) mass is 141 g/mol. The Morgan fingerprint density at radius 2 is 2.20 bits per heavy atom. The van der Waals surface area contributed by atoms with Crippen molar-refractivity contribution in [2.45, 2.75) is 31.9 Å². The van der Waals surface area contributed by atoms with Crippen molar-refractivity contribution in [3.63, 3.8) is 0 Å². The second-order valence-corrected chi connectivity index (χ2v) is 2.90. The lowest BCUT2D eigenvalue weighted by atomic mass is 10.2. The van der Waals surface area contributed by atoms with E-state index in [1.807, 2.05) is 0 Å². The Kier molecular flexibility index (Phi) is 2.90. The summed E-state index contributed by atoms with van der Waals surface area (Å²) < 4.78 is 0. The minimum absolute atomic E-state index is 0.222. The minimum Gasteiger partial charge on any atom is -0.392 e. The van der Waals surface area contributed by atoms with Crippen LogP contribution in [0, 0.1) is 0 Å². The highest BCUT2D eigenvalue weighted by Crippen LogP contribution is 2.08. The van der Waals surface area contributed by atoms with E-state index in [1.165, 1.54) is 0 Å². The standard InChI is InChI=1S/C8H15NO/c1-7(10)6-9-8-4-2-3-5-8/h2-3,7-10H,4-6H2,1H3/t7-/m0/s1. The van der Waals surface area contributed by atoms with E-state index in [2.05, 4.69) is 17.5 Å². The summed E-state index contributed by atoms with van der Waals surface area (Å²) >= 11 is 0. The van der Waals surface area contributed by atoms with Crippen LogP contribution in [0.2, 0.25) is 0 Å². The summed E-state index contributed by atoms with van der Waals surface area (Å²) in [4.78, 5) is 0. The Balaban J connectivity index is 2.03. The highest BCUT2D eigenvalue weighted by atomic mass is 16.3. The summed E-state index contributed by atoms with van der Waals surface area (Å²) in [5, 5.41) is 12.2. The largest absolute Gasteiger partial charge is 0.392 e. The predicted octanol–water partition coefficient (Wildman–Crippen LogP) is 0.675. The van der Waals surface area contributed by atoms with Gasteiger partial charge in [-0.05, 0) is 19.8 Å². The normalized spacial score (nSPS) is 21.8. The van der Waals surface area contributed by atoms with E-state index in [4.69, 9.17) is 5.11 Å². The average molecular weight is 141 g/mol. The van der Waals surface area contributed by atoms with Crippen LogP contribution in [0.5, 0.6) is 0 Å². The first-order chi connectivity index (χ1) is 4.79. The molecule has 0 aliphatic heterocycles. The maximum absolute atomic E-state index is 8.93. The van der Waals surface area contributed by atoms with E-state index in [0.29, 0.717) is 12.6 Å². The fourth-order valence-corrected chi connectivity index (χ4v) is 1.12. The maximum atomic E-state index is 8.93. The zero-order valence-corrected chi connectivity index (χ0v) is 6.38. The molecule has 0 amide bonds. The van der Waals surface area contributed by atoms with Crippen LogP contribution in [-0.4, -0.2) is 23.8 Å². The summed E-state index contributed by atoms with van der Waals surface area (Å²) in [6.07, 6.45) is 6.37. The molecule has 1 atom stereocenters. The van der Waals surface area contributed by atoms with Gasteiger partial charge >= 0.3 is 0 Å². The molecule has 2 heteroatoms. The summed E-state index contributed by atoms with van der Waals surface area (Å²) in [6.45, 7) is 2.52. The van der Waals surface area contributed by atoms with E-state index in [1.54, 1.807) is 6.92 Å². The third-order valence-electron chi connectivity index (χ3n) is 1.71. The molecule has 0 spiro atoms. The number of hydrogen-bond acceptors (Lipinski definition) is 2. The first-order valence-electron chi connectivity index (χ1n) is 3.85. The number of hydrogen-bond donors (Lipinski definition) is 2. The number of rotatable bonds is 3. The SMILES string of the molecule is C[C@H](O)CNC1CC=CC1. The molecule has 0 saturated carbocycles. The van der Waals surface area contributed by atoms with Gasteiger partial charge < -0.3 is 10.4 Å². The smallest absolute Gasteiger partial charge is 0.0636 e. The van der Waals surface area contributed by atoms with Crippen LogP contribution in [0.25, 0.3) is 0 Å². The molecule has 0 aromatic rings. The van der Waals surface area contributed by atoms with Gasteiger partial charge in [-0.3, -0.25) is 0 Å². The van der Waals surface area contributed by atoms with Gasteiger partial charge in [0.1, 0.15) is 0 Å². The van der Waals surface area contributed by atoms with Crippen molar-refractivity contribution >= 4 is 0 Å². The second-order valence-electron chi connectivity index (χ2n) is 2.90. The third-order valence-corrected chi connectivity index (χ3v) is 1.71. The summed E-state index contributed by atoms with van der Waals surface area (Å²) in [5.74, 6) is 0. The predicted molar refractivity (Wildman–Crippen MR) is 41.8 cm³/mol. The number of nitrogens with one attached hydrogen (secondary N) is 1. The molecule has 2 N–H and O–H groups in total. The molecule has 0 fully saturated rings. The first kappa shape index (κ1) is 7.76. The van der Waals surface area contributed by atoms with Crippen molar-refractivity contribution in [3.05, 3.63) is 12.2 Å². The number of aliphatic hydroxyl groups excluding tert-OH is 1. The molecule has 0 unspecified atom stereocenters. The van der Waals surface area contributed by atoms with Gasteiger partial charge in [0.05, 0.1) is 6.10 Å². The van der Waals surface area contributed by atoms with Gasteiger partial charge in [-0.25, -0.2) is 0 Å². The van der Waals surface area contributed by atoms with E-state index >= 15 is 0 Å². The van der Waals surface area contributed by atoms with Crippen molar-refractivity contribution in [2.75, 3.05) is 6.54 Å². The van der Waals surface area contributed by atoms with Crippen molar-refractivity contribution < 1.29 is 5.11 Å². The van der Waals surface area contributed by atoms with Crippen molar-refractivity contribution in [2.24, 2.45) is 0 Å². The summed E-state index contributed by atoms with van der Waals surface area (Å²) in [7, 11) is 0. The summed E-state index contributed by atoms with van der Waals surface area (Å²) in [5.41, 5.74) is 0. The molecule has 58 valence electrons. The third kappa shape index (κ3) is 2.50. The molecule has 0 saturated heterocycles. The van der Waals surface area contributed by atoms with E-state index in [0.717, 1.165) is 12.8 Å². The van der Waals surface area contributed by atoms with Crippen molar-refractivity contribution in [1.29, 1.82) is 0 Å². The molecular weight excluding hydrogens is 126 g/mol. The lowest BCUT2D eigenvalue weighted by Gasteiger charge is -2.12. The van der Waals surface area contributed by atoms with Crippen LogP contribution >= 0.6 is 0 Å². The molecular formula is C8H15NO. The molecule has 0 aromatic carbocycles. The van der Waals surface area contributed by atoms with Gasteiger partial charge in [-0.2, -0.15) is 0 Å². The van der Waals surface area contributed by atoms with Gasteiger partial charge in [0.25, 0.3) is 0 Å². The molecule has 0 heterocycles. The van der Waals surface area contributed by atoms with Crippen LogP contribution in [0.3, 0.4) is 0 Å². The molecule has 1 aliphatic rings. The van der Waals surface area contributed by atoms with Crippen LogP contribution in [0.15, 0.2) is 12.2 Å². The minimum atomic E-state index is -0.222. The maximum Gasteiger partial charge on any atom is 0.0636 e. The van der Waals surface area contributed by atoms with Crippen LogP contribution in [0.4, 0.5) is 0 Å². The molecule has 10 heavy (non-hydrogen) atoms. The lowest BCUT2D eigenvalue weighted by Crippen LogP contribution is -2.32. The highest BCUT2D eigenvalue weighted by molar-refractivity contribution is 4.97. The molecule has 0 radical (unpaired) electrons. The Labute approximate surface area is 61.9 Å². The average Bonchev–Trinajstić information content (AvgIpc) is 2.34. The molecule has 0 aromatic heterocycles. The molecule has 1 aliphatic carbocycles. The highest BCUT2D eigenvalue weighted by Gasteiger charge is 2.08. The number of aliphatic hydroxyl groups is 1. The Bertz CT molecular complexity index is 112. The fourth-order valence-electron chi connectivity index (χ4n) is 1.12. The quantitative estimate of drug-likeness (QED) is 0.566. The van der Waals surface area contributed by atoms with Crippen molar-refractivity contribution in [3.8, 4) is 0 Å². The van der Waals surface area contributed by atoms with Gasteiger partial charge in [0, 0.05) is 12.6 Å². The first-order valence-corrected chi connectivity index (χ1v) is 3.85. The Hall–Kier alpha value is -0.340. The van der Waals surface area contributed by atoms with E-state index in [9.17, 15) is 0 Å². The van der Waals surface area contributed by atoms with Crippen molar-refractivity contribution in [1.82, 2.24) is 5.32 Å². The van der Waals surface area contributed by atoms with Gasteiger partial charge in [0.2, 0.25) is 0 Å². The van der Waals surface area contributed by atoms with E-state index in [-0.39, 0.29) is 6.10 Å². The Morgan fingerprint density at radius 1 is 1.60 bits per heavy atom. The lowest BCUT2D eigenvalue weighted by molar-refractivity contribution is 0.186. The molecule has 0 bridgehead atoms. The fraction of sp³-hybridized carbons (Fsp3) is 0.750. The summed E-state index contributed by atoms with van der Waals surface area (Å²) in [6, 6.07) is 0.578. The molecule has 2 nitrogen and oxygen atoms in total. The van der Waals surface area contributed by atoms with Gasteiger partial charge in [-0.1, -0.05) is 12.2 Å². The molecule has 1 rings (SSSR count). The zero-order chi connectivity index (χ0) is 7.40. The zero-order valence-electron chi connectivity index (χ0n) is 6.38. The second kappa shape index (κ2) is 3.74. The van der Waals surface area contributed by atoms with Gasteiger partial charge in [-0.15, -0.1) is 0 Å². The van der Waals surface area contributed by atoms with Crippen LogP contribution in [-0.2, 0) is 0 Å².